The van der Waals surface area contributed by atoms with Crippen LogP contribution in [-0.2, 0) is 26.1 Å². The van der Waals surface area contributed by atoms with Crippen molar-refractivity contribution in [1.82, 2.24) is 8.87 Å². The van der Waals surface area contributed by atoms with Gasteiger partial charge in [-0.1, -0.05) is 35.1 Å². The van der Waals surface area contributed by atoms with E-state index in [1.807, 2.05) is 13.8 Å². The first-order valence-electron chi connectivity index (χ1n) is 11.3. The molecule has 1 aromatic heterocycles. The maximum Gasteiger partial charge on any atom is 0.251 e. The van der Waals surface area contributed by atoms with Crippen molar-refractivity contribution >= 4 is 37.5 Å². The van der Waals surface area contributed by atoms with Crippen LogP contribution in [0.1, 0.15) is 25.3 Å². The lowest BCUT2D eigenvalue weighted by molar-refractivity contribution is -0.122. The summed E-state index contributed by atoms with van der Waals surface area (Å²) in [6, 6.07) is 11.6. The Kier molecular flexibility index (Phi) is 7.61. The molecule has 0 saturated carbocycles. The number of amides is 1. The molecule has 1 aliphatic heterocycles. The maximum atomic E-state index is 14.5. The molecule has 3 aromatic rings. The molecule has 34 heavy (non-hydrogen) atoms. The molecular weight excluding hydrogens is 477 g/mol. The van der Waals surface area contributed by atoms with Gasteiger partial charge in [0.05, 0.1) is 21.7 Å². The highest BCUT2D eigenvalue weighted by Crippen LogP contribution is 2.25. The smallest absolute Gasteiger partial charge is 0.251 e. The van der Waals surface area contributed by atoms with Crippen LogP contribution in [0.5, 0.6) is 0 Å². The van der Waals surface area contributed by atoms with Gasteiger partial charge in [-0.3, -0.25) is 4.79 Å². The molecule has 10 heteroatoms. The van der Waals surface area contributed by atoms with E-state index < -0.39 is 10.0 Å². The number of sulfonamides is 1. The van der Waals surface area contributed by atoms with Gasteiger partial charge in [-0.05, 0) is 51.0 Å². The fourth-order valence-corrected chi connectivity index (χ4v) is 6.61. The summed E-state index contributed by atoms with van der Waals surface area (Å²) in [5, 5.41) is 0. The largest absolute Gasteiger partial charge is 0.380 e. The Morgan fingerprint density at radius 2 is 1.88 bits per heavy atom. The number of carbonyl (C=O) groups is 1. The number of nitrogens with zero attached hydrogens (tertiary/aromatic N) is 3. The predicted molar refractivity (Wildman–Crippen MR) is 129 cm³/mol. The zero-order valence-electron chi connectivity index (χ0n) is 19.2. The van der Waals surface area contributed by atoms with Crippen LogP contribution >= 0.6 is 11.3 Å². The van der Waals surface area contributed by atoms with Gasteiger partial charge >= 0.3 is 0 Å². The first kappa shape index (κ1) is 24.7. The molecule has 7 nitrogen and oxygen atoms in total. The number of piperidine rings is 1. The van der Waals surface area contributed by atoms with Crippen molar-refractivity contribution in [1.29, 1.82) is 0 Å². The number of thiazole rings is 1. The molecule has 182 valence electrons. The van der Waals surface area contributed by atoms with Crippen molar-refractivity contribution in [2.24, 2.45) is 10.9 Å². The third-order valence-corrected chi connectivity index (χ3v) is 8.94. The highest BCUT2D eigenvalue weighted by molar-refractivity contribution is 7.89. The molecule has 0 N–H and O–H groups in total. The Balaban J connectivity index is 1.52. The monoisotopic (exact) mass is 505 g/mol. The second-order valence-corrected chi connectivity index (χ2v) is 11.2. The zero-order valence-corrected chi connectivity index (χ0v) is 20.9. The van der Waals surface area contributed by atoms with Crippen LogP contribution in [0.2, 0.25) is 0 Å². The molecule has 1 amide bonds. The van der Waals surface area contributed by atoms with Crippen molar-refractivity contribution in [2.45, 2.75) is 38.1 Å². The van der Waals surface area contributed by atoms with Crippen LogP contribution in [0.25, 0.3) is 10.2 Å². The molecule has 0 spiro atoms. The third-order valence-electron chi connectivity index (χ3n) is 5.98. The highest BCUT2D eigenvalue weighted by atomic mass is 32.2. The summed E-state index contributed by atoms with van der Waals surface area (Å²) in [4.78, 5) is 18.0. The molecule has 1 aliphatic rings. The Morgan fingerprint density at radius 3 is 2.56 bits per heavy atom. The lowest BCUT2D eigenvalue weighted by atomic mass is 9.98. The van der Waals surface area contributed by atoms with Gasteiger partial charge < -0.3 is 9.30 Å². The molecule has 0 unspecified atom stereocenters. The molecule has 2 aromatic carbocycles. The van der Waals surface area contributed by atoms with E-state index in [0.29, 0.717) is 47.6 Å². The number of ether oxygens (including phenoxy) is 1. The summed E-state index contributed by atoms with van der Waals surface area (Å²) >= 11 is 1.27. The van der Waals surface area contributed by atoms with Gasteiger partial charge in [-0.15, -0.1) is 0 Å². The summed E-state index contributed by atoms with van der Waals surface area (Å²) < 4.78 is 49.7. The van der Waals surface area contributed by atoms with Gasteiger partial charge in [0.2, 0.25) is 10.0 Å². The summed E-state index contributed by atoms with van der Waals surface area (Å²) in [6.45, 7) is 5.61. The van der Waals surface area contributed by atoms with E-state index in [1.54, 1.807) is 41.0 Å². The minimum absolute atomic E-state index is 0.257. The second-order valence-electron chi connectivity index (χ2n) is 8.26. The number of hydrogen-bond donors (Lipinski definition) is 0. The average Bonchev–Trinajstić information content (AvgIpc) is 3.18. The fraction of sp³-hybridized carbons (Fsp3) is 0.417. The maximum absolute atomic E-state index is 14.5. The van der Waals surface area contributed by atoms with E-state index in [2.05, 4.69) is 4.99 Å². The third kappa shape index (κ3) is 5.14. The lowest BCUT2D eigenvalue weighted by Gasteiger charge is -2.29. The summed E-state index contributed by atoms with van der Waals surface area (Å²) in [5.74, 6) is -1.04. The van der Waals surface area contributed by atoms with Gasteiger partial charge in [-0.25, -0.2) is 12.8 Å². The highest BCUT2D eigenvalue weighted by Gasteiger charge is 2.32. The molecule has 2 heterocycles. The van der Waals surface area contributed by atoms with Crippen LogP contribution in [-0.4, -0.2) is 49.5 Å². The van der Waals surface area contributed by atoms with Gasteiger partial charge in [-0.2, -0.15) is 9.30 Å². The Hall–Kier alpha value is -2.40. The van der Waals surface area contributed by atoms with E-state index >= 15 is 0 Å². The number of halogens is 1. The number of aryl methyl sites for hydroxylation is 1. The lowest BCUT2D eigenvalue weighted by Crippen LogP contribution is -2.40. The number of fused-ring (bicyclic) bond motifs is 1. The van der Waals surface area contributed by atoms with Crippen molar-refractivity contribution in [3.8, 4) is 0 Å². The number of hydrogen-bond acceptors (Lipinski definition) is 5. The minimum atomic E-state index is -3.59. The Bertz CT molecular complexity index is 1340. The topological polar surface area (TPSA) is 81.0 Å². The first-order chi connectivity index (χ1) is 16.3. The van der Waals surface area contributed by atoms with Gasteiger partial charge in [0.1, 0.15) is 5.82 Å². The molecule has 0 aliphatic carbocycles. The summed E-state index contributed by atoms with van der Waals surface area (Å²) in [5.41, 5.74) is 1.40. The second kappa shape index (κ2) is 10.5. The van der Waals surface area contributed by atoms with Gasteiger partial charge in [0.15, 0.2) is 4.80 Å². The van der Waals surface area contributed by atoms with Crippen molar-refractivity contribution in [3.63, 3.8) is 0 Å². The van der Waals surface area contributed by atoms with Crippen molar-refractivity contribution in [2.75, 3.05) is 26.3 Å². The van der Waals surface area contributed by atoms with Crippen molar-refractivity contribution < 1.29 is 22.3 Å². The number of carbonyl (C=O) groups excluding carboxylic acids is 1. The summed E-state index contributed by atoms with van der Waals surface area (Å²) in [6.07, 6.45) is 0.789. The number of para-hydroxylation sites is 1. The van der Waals surface area contributed by atoms with E-state index in [9.17, 15) is 17.6 Å². The SMILES string of the molecule is CCOCCn1c(=NC(=O)C2CCN(S(=O)(=O)c3ccc(C)cc3)CC2)sc2cccc(F)c21. The van der Waals surface area contributed by atoms with Gasteiger partial charge in [0, 0.05) is 32.2 Å². The molecule has 4 rings (SSSR count). The van der Waals surface area contributed by atoms with Crippen LogP contribution < -0.4 is 4.80 Å². The predicted octanol–water partition coefficient (Wildman–Crippen LogP) is 3.72. The van der Waals surface area contributed by atoms with E-state index in [1.165, 1.54) is 21.7 Å². The van der Waals surface area contributed by atoms with E-state index in [4.69, 9.17) is 4.74 Å². The Morgan fingerprint density at radius 1 is 1.18 bits per heavy atom. The molecule has 0 atom stereocenters. The standard InChI is InChI=1S/C24H28FN3O4S2/c1-3-32-16-15-28-22-20(25)5-4-6-21(22)33-24(28)26-23(29)18-11-13-27(14-12-18)34(30,31)19-9-7-17(2)8-10-19/h4-10,18H,3,11-16H2,1-2H3. The molecule has 0 radical (unpaired) electrons. The van der Waals surface area contributed by atoms with Gasteiger partial charge in [0.25, 0.3) is 5.91 Å². The van der Waals surface area contributed by atoms with Crippen LogP contribution in [0.4, 0.5) is 4.39 Å². The molecule has 1 saturated heterocycles. The van der Waals surface area contributed by atoms with Crippen molar-refractivity contribution in [3.05, 3.63) is 58.6 Å². The zero-order chi connectivity index (χ0) is 24.3. The normalized spacial score (nSPS) is 16.4. The van der Waals surface area contributed by atoms with Crippen LogP contribution in [0.3, 0.4) is 0 Å². The minimum Gasteiger partial charge on any atom is -0.380 e. The average molecular weight is 506 g/mol. The molecular formula is C24H28FN3O4S2. The number of benzene rings is 2. The molecule has 1 fully saturated rings. The first-order valence-corrected chi connectivity index (χ1v) is 13.6. The quantitative estimate of drug-likeness (QED) is 0.459. The Labute approximate surface area is 202 Å². The van der Waals surface area contributed by atoms with Crippen LogP contribution in [0.15, 0.2) is 52.4 Å². The van der Waals surface area contributed by atoms with E-state index in [0.717, 1.165) is 5.56 Å². The summed E-state index contributed by atoms with van der Waals surface area (Å²) in [7, 11) is -3.59. The van der Waals surface area contributed by atoms with Crippen LogP contribution in [0, 0.1) is 18.7 Å². The number of aromatic nitrogens is 1. The molecule has 0 bridgehead atoms. The fourth-order valence-electron chi connectivity index (χ4n) is 4.07. The van der Waals surface area contributed by atoms with E-state index in [-0.39, 0.29) is 35.6 Å². The number of rotatable bonds is 7.